The van der Waals surface area contributed by atoms with Crippen LogP contribution in [0.25, 0.3) is 0 Å². The summed E-state index contributed by atoms with van der Waals surface area (Å²) in [6, 6.07) is 1.83. The number of hydrogen-bond acceptors (Lipinski definition) is 2. The summed E-state index contributed by atoms with van der Waals surface area (Å²) in [5, 5.41) is 10.4. The van der Waals surface area contributed by atoms with Crippen molar-refractivity contribution in [3.8, 4) is 5.75 Å². The van der Waals surface area contributed by atoms with Crippen LogP contribution >= 0.6 is 11.6 Å². The Kier molecular flexibility index (Phi) is 3.40. The van der Waals surface area contributed by atoms with Crippen molar-refractivity contribution in [2.24, 2.45) is 5.73 Å². The van der Waals surface area contributed by atoms with E-state index < -0.39 is 0 Å². The number of aryl methyl sites for hydroxylation is 1. The molecule has 0 aliphatic heterocycles. The lowest BCUT2D eigenvalue weighted by Crippen LogP contribution is -2.18. The van der Waals surface area contributed by atoms with Crippen LogP contribution in [-0.4, -0.2) is 11.1 Å². The molecule has 1 aromatic rings. The van der Waals surface area contributed by atoms with Crippen molar-refractivity contribution in [2.75, 3.05) is 0 Å². The molecule has 0 spiro atoms. The summed E-state index contributed by atoms with van der Waals surface area (Å²) in [6.45, 7) is 5.63. The SMILES string of the molecule is Cc1cc(Cl)c(CC(C)N)c(C)c1O. The molecule has 0 aliphatic rings. The lowest BCUT2D eigenvalue weighted by atomic mass is 9.99. The molecule has 1 rings (SSSR count). The molecule has 1 atom stereocenters. The topological polar surface area (TPSA) is 46.2 Å². The van der Waals surface area contributed by atoms with Gasteiger partial charge in [-0.3, -0.25) is 0 Å². The lowest BCUT2D eigenvalue weighted by molar-refractivity contribution is 0.465. The molecule has 0 amide bonds. The Labute approximate surface area is 89.7 Å². The maximum absolute atomic E-state index is 9.73. The minimum absolute atomic E-state index is 0.0494. The molecule has 14 heavy (non-hydrogen) atoms. The quantitative estimate of drug-likeness (QED) is 0.793. The second-order valence-electron chi connectivity index (χ2n) is 3.81. The minimum Gasteiger partial charge on any atom is -0.507 e. The van der Waals surface area contributed by atoms with Gasteiger partial charge < -0.3 is 10.8 Å². The number of aromatic hydroxyl groups is 1. The summed E-state index contributed by atoms with van der Waals surface area (Å²) in [5.74, 6) is 0.324. The summed E-state index contributed by atoms with van der Waals surface area (Å²) in [4.78, 5) is 0. The third-order valence-electron chi connectivity index (χ3n) is 2.34. The van der Waals surface area contributed by atoms with E-state index in [9.17, 15) is 5.11 Å². The minimum atomic E-state index is 0.0494. The molecular weight excluding hydrogens is 198 g/mol. The predicted octanol–water partition coefficient (Wildman–Crippen LogP) is 2.55. The van der Waals surface area contributed by atoms with Crippen molar-refractivity contribution >= 4 is 11.6 Å². The Hall–Kier alpha value is -0.730. The monoisotopic (exact) mass is 213 g/mol. The van der Waals surface area contributed by atoms with E-state index in [1.54, 1.807) is 6.07 Å². The molecule has 0 bridgehead atoms. The maximum atomic E-state index is 9.73. The standard InChI is InChI=1S/C11H16ClNO/c1-6-4-10(12)9(5-7(2)13)8(3)11(6)14/h4,7,14H,5,13H2,1-3H3. The average Bonchev–Trinajstić information content (AvgIpc) is 2.09. The van der Waals surface area contributed by atoms with Gasteiger partial charge in [-0.05, 0) is 49.9 Å². The number of halogens is 1. The van der Waals surface area contributed by atoms with Crippen molar-refractivity contribution in [2.45, 2.75) is 33.2 Å². The molecule has 1 unspecified atom stereocenters. The fraction of sp³-hybridized carbons (Fsp3) is 0.455. The van der Waals surface area contributed by atoms with Gasteiger partial charge in [-0.25, -0.2) is 0 Å². The van der Waals surface area contributed by atoms with Crippen molar-refractivity contribution in [3.63, 3.8) is 0 Å². The van der Waals surface area contributed by atoms with Gasteiger partial charge in [0, 0.05) is 11.1 Å². The van der Waals surface area contributed by atoms with E-state index in [4.69, 9.17) is 17.3 Å². The fourth-order valence-electron chi connectivity index (χ4n) is 1.54. The Bertz CT molecular complexity index is 348. The Morgan fingerprint density at radius 3 is 2.57 bits per heavy atom. The van der Waals surface area contributed by atoms with Gasteiger partial charge in [-0.15, -0.1) is 0 Å². The highest BCUT2D eigenvalue weighted by atomic mass is 35.5. The molecule has 0 aromatic heterocycles. The molecule has 3 N–H and O–H groups in total. The number of benzene rings is 1. The fourth-order valence-corrected chi connectivity index (χ4v) is 1.92. The van der Waals surface area contributed by atoms with Crippen LogP contribution in [0.5, 0.6) is 5.75 Å². The normalized spacial score (nSPS) is 12.9. The zero-order valence-corrected chi connectivity index (χ0v) is 9.52. The van der Waals surface area contributed by atoms with Gasteiger partial charge in [0.15, 0.2) is 0 Å². The summed E-state index contributed by atoms with van der Waals surface area (Å²) >= 11 is 6.08. The van der Waals surface area contributed by atoms with Crippen molar-refractivity contribution < 1.29 is 5.11 Å². The van der Waals surface area contributed by atoms with Crippen LogP contribution in [0.3, 0.4) is 0 Å². The summed E-state index contributed by atoms with van der Waals surface area (Å²) in [5.41, 5.74) is 8.31. The second-order valence-corrected chi connectivity index (χ2v) is 4.22. The van der Waals surface area contributed by atoms with Crippen molar-refractivity contribution in [3.05, 3.63) is 27.8 Å². The molecule has 0 saturated carbocycles. The van der Waals surface area contributed by atoms with Gasteiger partial charge in [0.2, 0.25) is 0 Å². The molecule has 3 heteroatoms. The highest BCUT2D eigenvalue weighted by Crippen LogP contribution is 2.31. The van der Waals surface area contributed by atoms with Crippen LogP contribution in [-0.2, 0) is 6.42 Å². The summed E-state index contributed by atoms with van der Waals surface area (Å²) < 4.78 is 0. The first-order valence-electron chi connectivity index (χ1n) is 4.66. The maximum Gasteiger partial charge on any atom is 0.121 e. The molecule has 1 aromatic carbocycles. The third-order valence-corrected chi connectivity index (χ3v) is 2.68. The number of nitrogens with two attached hydrogens (primary N) is 1. The molecule has 78 valence electrons. The molecule has 0 radical (unpaired) electrons. The number of rotatable bonds is 2. The van der Waals surface area contributed by atoms with E-state index in [2.05, 4.69) is 0 Å². The molecule has 0 heterocycles. The van der Waals surface area contributed by atoms with Crippen LogP contribution in [0, 0.1) is 13.8 Å². The largest absolute Gasteiger partial charge is 0.507 e. The first-order chi connectivity index (χ1) is 6.43. The van der Waals surface area contributed by atoms with E-state index in [1.165, 1.54) is 0 Å². The molecular formula is C11H16ClNO. The van der Waals surface area contributed by atoms with Crippen LogP contribution in [0.4, 0.5) is 0 Å². The zero-order valence-electron chi connectivity index (χ0n) is 8.76. The first-order valence-corrected chi connectivity index (χ1v) is 5.04. The van der Waals surface area contributed by atoms with Gasteiger partial charge in [0.05, 0.1) is 0 Å². The molecule has 0 saturated heterocycles. The van der Waals surface area contributed by atoms with Gasteiger partial charge in [-0.2, -0.15) is 0 Å². The number of hydrogen-bond donors (Lipinski definition) is 2. The van der Waals surface area contributed by atoms with E-state index in [-0.39, 0.29) is 6.04 Å². The Morgan fingerprint density at radius 2 is 2.07 bits per heavy atom. The summed E-state index contributed by atoms with van der Waals surface area (Å²) in [7, 11) is 0. The highest BCUT2D eigenvalue weighted by molar-refractivity contribution is 6.31. The Balaban J connectivity index is 3.22. The average molecular weight is 214 g/mol. The van der Waals surface area contributed by atoms with Crippen molar-refractivity contribution in [1.29, 1.82) is 0 Å². The van der Waals surface area contributed by atoms with E-state index in [0.29, 0.717) is 17.2 Å². The third kappa shape index (κ3) is 2.20. The smallest absolute Gasteiger partial charge is 0.121 e. The van der Waals surface area contributed by atoms with E-state index in [0.717, 1.165) is 16.7 Å². The highest BCUT2D eigenvalue weighted by Gasteiger charge is 2.12. The second kappa shape index (κ2) is 4.20. The van der Waals surface area contributed by atoms with Gasteiger partial charge in [0.25, 0.3) is 0 Å². The zero-order chi connectivity index (χ0) is 10.9. The first kappa shape index (κ1) is 11.3. The van der Waals surface area contributed by atoms with Crippen LogP contribution in [0.1, 0.15) is 23.6 Å². The number of phenolic OH excluding ortho intramolecular Hbond substituents is 1. The lowest BCUT2D eigenvalue weighted by Gasteiger charge is -2.14. The van der Waals surface area contributed by atoms with Crippen LogP contribution < -0.4 is 5.73 Å². The number of phenols is 1. The molecule has 2 nitrogen and oxygen atoms in total. The summed E-state index contributed by atoms with van der Waals surface area (Å²) in [6.07, 6.45) is 0.693. The molecule has 0 aliphatic carbocycles. The Morgan fingerprint density at radius 1 is 1.50 bits per heavy atom. The van der Waals surface area contributed by atoms with Gasteiger partial charge in [-0.1, -0.05) is 11.6 Å². The van der Waals surface area contributed by atoms with E-state index >= 15 is 0 Å². The van der Waals surface area contributed by atoms with Crippen LogP contribution in [0.15, 0.2) is 6.07 Å². The van der Waals surface area contributed by atoms with Crippen molar-refractivity contribution in [1.82, 2.24) is 0 Å². The van der Waals surface area contributed by atoms with Gasteiger partial charge in [0.1, 0.15) is 5.75 Å². The van der Waals surface area contributed by atoms with Gasteiger partial charge >= 0.3 is 0 Å². The molecule has 0 fully saturated rings. The van der Waals surface area contributed by atoms with E-state index in [1.807, 2.05) is 20.8 Å². The predicted molar refractivity (Wildman–Crippen MR) is 59.9 cm³/mol. The van der Waals surface area contributed by atoms with Crippen LogP contribution in [0.2, 0.25) is 5.02 Å².